The van der Waals surface area contributed by atoms with Crippen LogP contribution in [0.1, 0.15) is 73.4 Å². The summed E-state index contributed by atoms with van der Waals surface area (Å²) in [6.07, 6.45) is 9.82. The smallest absolute Gasteiger partial charge is 0.287 e. The molecule has 0 saturated carbocycles. The predicted molar refractivity (Wildman–Crippen MR) is 417 cm³/mol. The van der Waals surface area contributed by atoms with Crippen molar-refractivity contribution < 1.29 is 62.0 Å². The zero-order valence-corrected chi connectivity index (χ0v) is 63.7. The summed E-state index contributed by atoms with van der Waals surface area (Å²) in [5.41, 5.74) is 29.8. The number of aryl methyl sites for hydroxylation is 6. The Morgan fingerprint density at radius 3 is 1.03 bits per heavy atom. The highest BCUT2D eigenvalue weighted by Crippen LogP contribution is 2.35. The van der Waals surface area contributed by atoms with Gasteiger partial charge in [0.2, 0.25) is 23.1 Å². The Hall–Kier alpha value is -13.2. The highest BCUT2D eigenvalue weighted by Gasteiger charge is 2.33. The summed E-state index contributed by atoms with van der Waals surface area (Å²) >= 11 is 10.6. The van der Waals surface area contributed by atoms with Gasteiger partial charge in [0, 0.05) is 116 Å². The number of primary amides is 4. The van der Waals surface area contributed by atoms with Gasteiger partial charge in [-0.2, -0.15) is 31.7 Å². The molecule has 33 heteroatoms. The summed E-state index contributed by atoms with van der Waals surface area (Å²) in [6, 6.07) is 39.4. The van der Waals surface area contributed by atoms with Crippen LogP contribution in [0.5, 0.6) is 0 Å². The van der Waals surface area contributed by atoms with E-state index in [1.165, 1.54) is 61.6 Å². The summed E-state index contributed by atoms with van der Waals surface area (Å²) < 4.78 is 11.6. The van der Waals surface area contributed by atoms with Crippen molar-refractivity contribution in [2.75, 3.05) is 0 Å². The Labute approximate surface area is 652 Å². The van der Waals surface area contributed by atoms with Crippen molar-refractivity contribution in [3.8, 4) is 45.0 Å². The number of hydrogen-bond acceptors (Lipinski definition) is 20. The van der Waals surface area contributed by atoms with Gasteiger partial charge in [-0.05, 0) is 71.1 Å². The van der Waals surface area contributed by atoms with Crippen LogP contribution < -0.4 is 44.2 Å². The molecule has 0 aliphatic rings. The topological polar surface area (TPSA) is 441 Å². The van der Waals surface area contributed by atoms with Crippen molar-refractivity contribution in [3.63, 3.8) is 0 Å². The minimum Gasteiger partial charge on any atom is -0.472 e. The predicted octanol–water partition coefficient (Wildman–Crippen LogP) is 6.98. The van der Waals surface area contributed by atoms with Gasteiger partial charge < -0.3 is 48.6 Å². The lowest BCUT2D eigenvalue weighted by molar-refractivity contribution is -0.137. The molecule has 0 aliphatic heterocycles. The summed E-state index contributed by atoms with van der Waals surface area (Å²) in [6.45, 7) is 3.96. The molecule has 111 heavy (non-hydrogen) atoms. The molecule has 12 N–H and O–H groups in total. The van der Waals surface area contributed by atoms with Crippen LogP contribution in [-0.4, -0.2) is 134 Å². The van der Waals surface area contributed by atoms with Gasteiger partial charge in [-0.1, -0.05) is 133 Å². The summed E-state index contributed by atoms with van der Waals surface area (Å²) in [4.78, 5) is 148. The molecule has 12 rings (SSSR count). The lowest BCUT2D eigenvalue weighted by atomic mass is 10.0. The maximum absolute atomic E-state index is 13.0. The highest BCUT2D eigenvalue weighted by atomic mass is 35.5. The number of Topliss-reactive ketones (excluding diaryl/α,β-unsaturated/α-hetero) is 4. The number of furan rings is 1. The van der Waals surface area contributed by atoms with Crippen molar-refractivity contribution >= 4 is 116 Å². The molecule has 8 heterocycles. The maximum atomic E-state index is 13.0. The maximum Gasteiger partial charge on any atom is 0.287 e. The number of halogens is 1. The van der Waals surface area contributed by atoms with Gasteiger partial charge in [-0.25, -0.2) is 0 Å². The monoisotopic (exact) mass is 1570 g/mol. The third kappa shape index (κ3) is 22.0. The van der Waals surface area contributed by atoms with Crippen molar-refractivity contribution in [2.45, 2.75) is 63.7 Å². The third-order valence-electron chi connectivity index (χ3n) is 16.6. The van der Waals surface area contributed by atoms with E-state index in [0.29, 0.717) is 49.4 Å². The Morgan fingerprint density at radius 2 is 0.748 bits per heavy atom. The van der Waals surface area contributed by atoms with Crippen LogP contribution in [0, 0.1) is 13.8 Å². The number of thiophene rings is 3. The Kier molecular flexibility index (Phi) is 28.1. The minimum absolute atomic E-state index is 0.142. The van der Waals surface area contributed by atoms with Gasteiger partial charge in [-0.15, -0.1) is 22.7 Å². The number of amides is 8. The van der Waals surface area contributed by atoms with Crippen LogP contribution in [0.4, 0.5) is 0 Å². The normalized spacial score (nSPS) is 11.8. The molecule has 0 saturated heterocycles. The van der Waals surface area contributed by atoms with Gasteiger partial charge in [0.05, 0.1) is 34.8 Å². The first kappa shape index (κ1) is 81.9. The number of nitrogens with one attached hydrogen (secondary N) is 4. The molecule has 570 valence electrons. The van der Waals surface area contributed by atoms with Gasteiger partial charge in [0.25, 0.3) is 47.3 Å². The Balaban J connectivity index is 0.000000170. The van der Waals surface area contributed by atoms with Crippen molar-refractivity contribution in [1.29, 1.82) is 0 Å². The SMILES string of the molecule is Cc1cc(-c2nn(C)cc2C(=O)NC(Cc2ccccc2)C(=O)C(N)=O)c(C)s1.Cn1cc(C(=O)NC(Cc2ccccc2)C(=O)C(N)=O)c(-c2ccoc2)n1.Cn1cc(C(=O)NC(Cc2ccccc2)C(=O)C(N)=O)c(-c2ccsc2)n1.Cn1cc(C(=O)NC(Cc2ccccc2)C(=O)C(N)=O)c(-c2ccsc2Cl)n1. The fraction of sp³-hybridized carbons (Fsp3) is 0.179. The van der Waals surface area contributed by atoms with Crippen molar-refractivity contribution in [3.05, 3.63) is 258 Å². The van der Waals surface area contributed by atoms with E-state index in [1.54, 1.807) is 123 Å². The largest absolute Gasteiger partial charge is 0.472 e. The molecular weight excluding hydrogens is 1500 g/mol. The van der Waals surface area contributed by atoms with Gasteiger partial charge in [0.15, 0.2) is 0 Å². The van der Waals surface area contributed by atoms with E-state index >= 15 is 0 Å². The van der Waals surface area contributed by atoms with Crippen molar-refractivity contribution in [2.24, 2.45) is 51.1 Å². The lowest BCUT2D eigenvalue weighted by Crippen LogP contribution is -2.47. The van der Waals surface area contributed by atoms with E-state index in [4.69, 9.17) is 39.0 Å². The standard InChI is InChI=1S/C21H22N4O3S.C19H17ClN4O3S.C19H18N4O4.C19H18N4O3S/c1-12-9-15(13(2)29-12)18-16(11-25(3)24-18)21(28)23-17(19(26)20(22)27)10-14-7-5-4-6-8-14;1-24-10-13(15(23-24)12-7-8-28-17(12)20)19(27)22-14(16(25)18(21)26)9-11-5-3-2-4-6-11;2*1-23-10-14(16(22-23)13-7-8-27-11-13)19(26)21-15(17(24)18(20)25)9-12-5-3-2-4-6-12/h4-9,11,17H,10H2,1-3H3,(H2,22,27)(H,23,28);2-8,10,14H,9H2,1H3,(H2,21,26)(H,22,27);2*2-8,10-11,15H,9H2,1H3,(H2,20,25)(H,21,26). The Morgan fingerprint density at radius 1 is 0.423 bits per heavy atom. The van der Waals surface area contributed by atoms with E-state index in [-0.39, 0.29) is 36.8 Å². The molecule has 0 fully saturated rings. The van der Waals surface area contributed by atoms with E-state index in [0.717, 1.165) is 43.1 Å². The molecule has 4 unspecified atom stereocenters. The number of nitrogens with two attached hydrogens (primary N) is 4. The van der Waals surface area contributed by atoms with E-state index in [2.05, 4.69) is 41.7 Å². The van der Waals surface area contributed by atoms with E-state index in [1.807, 2.05) is 110 Å². The molecule has 0 aliphatic carbocycles. The molecule has 12 aromatic rings. The molecule has 4 aromatic carbocycles. The summed E-state index contributed by atoms with van der Waals surface area (Å²) in [5, 5.41) is 33.4. The summed E-state index contributed by atoms with van der Waals surface area (Å²) in [7, 11) is 6.79. The van der Waals surface area contributed by atoms with Crippen LogP contribution in [-0.2, 0) is 92.2 Å². The zero-order chi connectivity index (χ0) is 80.2. The quantitative estimate of drug-likeness (QED) is 0.0229. The second-order valence-electron chi connectivity index (χ2n) is 25.0. The van der Waals surface area contributed by atoms with E-state index in [9.17, 15) is 57.5 Å². The fourth-order valence-corrected chi connectivity index (χ4v) is 13.9. The van der Waals surface area contributed by atoms with Crippen LogP contribution in [0.25, 0.3) is 45.0 Å². The number of carbonyl (C=O) groups excluding carboxylic acids is 12. The second-order valence-corrected chi connectivity index (χ2v) is 28.8. The third-order valence-corrected chi connectivity index (χ3v) is 19.5. The summed E-state index contributed by atoms with van der Waals surface area (Å²) in [5.74, 6) is -9.81. The number of hydrogen-bond donors (Lipinski definition) is 8. The molecule has 29 nitrogen and oxygen atoms in total. The average molecular weight is 1580 g/mol. The zero-order valence-electron chi connectivity index (χ0n) is 60.5. The molecule has 8 aromatic heterocycles. The average Bonchev–Trinajstić information content (AvgIpc) is 1.70. The fourth-order valence-electron chi connectivity index (χ4n) is 11.4. The molecule has 4 atom stereocenters. The first-order valence-corrected chi connectivity index (χ1v) is 36.8. The van der Waals surface area contributed by atoms with Gasteiger partial charge >= 0.3 is 0 Å². The number of aromatic nitrogens is 8. The molecule has 8 amide bonds. The van der Waals surface area contributed by atoms with Crippen molar-refractivity contribution in [1.82, 2.24) is 60.4 Å². The van der Waals surface area contributed by atoms with Crippen LogP contribution in [0.2, 0.25) is 4.34 Å². The molecule has 0 spiro atoms. The lowest BCUT2D eigenvalue weighted by Gasteiger charge is -2.16. The number of nitrogens with zero attached hydrogens (tertiary/aromatic N) is 8. The van der Waals surface area contributed by atoms with Crippen LogP contribution in [0.3, 0.4) is 0 Å². The first-order chi connectivity index (χ1) is 53.0. The van der Waals surface area contributed by atoms with Gasteiger partial charge in [0.1, 0.15) is 51.3 Å². The minimum atomic E-state index is -1.10. The number of rotatable bonds is 28. The molecular formula is C78H75ClN16O13S3. The molecule has 0 radical (unpaired) electrons. The Bertz CT molecular complexity index is 5180. The number of carbonyl (C=O) groups is 12. The van der Waals surface area contributed by atoms with Crippen LogP contribution >= 0.6 is 45.6 Å². The van der Waals surface area contributed by atoms with Crippen LogP contribution in [0.15, 0.2) is 203 Å². The van der Waals surface area contributed by atoms with Gasteiger partial charge in [-0.3, -0.25) is 76.3 Å². The first-order valence-electron chi connectivity index (χ1n) is 33.8. The number of ketones is 4. The van der Waals surface area contributed by atoms with E-state index < -0.39 is 94.6 Å². The molecule has 0 bridgehead atoms. The second kappa shape index (κ2) is 38.1. The highest BCUT2D eigenvalue weighted by molar-refractivity contribution is 7.15. The number of benzene rings is 4.